The zero-order valence-corrected chi connectivity index (χ0v) is 11.4. The third-order valence-electron chi connectivity index (χ3n) is 3.38. The summed E-state index contributed by atoms with van der Waals surface area (Å²) in [5.74, 6) is -0.937. The van der Waals surface area contributed by atoms with Gasteiger partial charge in [-0.3, -0.25) is 9.59 Å². The van der Waals surface area contributed by atoms with Crippen LogP contribution in [0.2, 0.25) is 0 Å². The van der Waals surface area contributed by atoms with E-state index >= 15 is 0 Å². The minimum Gasteiger partial charge on any atom is -0.493 e. The lowest BCUT2D eigenvalue weighted by molar-refractivity contribution is -0.140. The molecule has 0 spiro atoms. The predicted octanol–water partition coefficient (Wildman–Crippen LogP) is 1.04. The van der Waals surface area contributed by atoms with Crippen molar-refractivity contribution in [2.24, 2.45) is 11.8 Å². The van der Waals surface area contributed by atoms with E-state index in [0.717, 1.165) is 5.56 Å². The first kappa shape index (κ1) is 14.2. The van der Waals surface area contributed by atoms with Crippen molar-refractivity contribution in [3.8, 4) is 11.5 Å². The number of para-hydroxylation sites is 1. The molecule has 0 saturated heterocycles. The van der Waals surface area contributed by atoms with E-state index in [-0.39, 0.29) is 12.5 Å². The third kappa shape index (κ3) is 2.84. The molecule has 0 unspecified atom stereocenters. The first-order valence-electron chi connectivity index (χ1n) is 6.28. The van der Waals surface area contributed by atoms with E-state index in [1.54, 1.807) is 19.2 Å². The van der Waals surface area contributed by atoms with Gasteiger partial charge in [-0.1, -0.05) is 12.1 Å². The number of nitrogens with one attached hydrogen (secondary N) is 1. The molecule has 1 fully saturated rings. The van der Waals surface area contributed by atoms with E-state index in [1.807, 2.05) is 6.07 Å². The maximum atomic E-state index is 11.8. The number of carboxylic acids is 1. The fourth-order valence-electron chi connectivity index (χ4n) is 2.16. The molecule has 0 bridgehead atoms. The quantitative estimate of drug-likeness (QED) is 0.812. The molecule has 108 valence electrons. The summed E-state index contributed by atoms with van der Waals surface area (Å²) >= 11 is 0. The highest BCUT2D eigenvalue weighted by Gasteiger charge is 2.48. The summed E-state index contributed by atoms with van der Waals surface area (Å²) in [6.45, 7) is 0.280. The highest BCUT2D eigenvalue weighted by atomic mass is 16.5. The van der Waals surface area contributed by atoms with Crippen LogP contribution in [-0.4, -0.2) is 31.2 Å². The molecule has 6 heteroatoms. The molecule has 2 N–H and O–H groups in total. The molecule has 0 aliphatic heterocycles. The molecule has 0 radical (unpaired) electrons. The van der Waals surface area contributed by atoms with Crippen LogP contribution >= 0.6 is 0 Å². The maximum absolute atomic E-state index is 11.8. The van der Waals surface area contributed by atoms with Gasteiger partial charge in [-0.15, -0.1) is 0 Å². The second-order valence-electron chi connectivity index (χ2n) is 4.66. The summed E-state index contributed by atoms with van der Waals surface area (Å²) in [7, 11) is 3.08. The first-order valence-corrected chi connectivity index (χ1v) is 6.28. The van der Waals surface area contributed by atoms with Gasteiger partial charge in [0.1, 0.15) is 0 Å². The fourth-order valence-corrected chi connectivity index (χ4v) is 2.16. The molecule has 1 amide bonds. The number of carbonyl (C=O) groups excluding carboxylic acids is 1. The van der Waals surface area contributed by atoms with Crippen molar-refractivity contribution in [2.75, 3.05) is 14.2 Å². The van der Waals surface area contributed by atoms with Crippen LogP contribution in [0.3, 0.4) is 0 Å². The van der Waals surface area contributed by atoms with Crippen LogP contribution in [0.4, 0.5) is 0 Å². The van der Waals surface area contributed by atoms with Crippen LogP contribution < -0.4 is 14.8 Å². The number of ether oxygens (including phenoxy) is 2. The number of hydrogen-bond donors (Lipinski definition) is 2. The van der Waals surface area contributed by atoms with Gasteiger partial charge in [-0.05, 0) is 12.5 Å². The minimum absolute atomic E-state index is 0.234. The Morgan fingerprint density at radius 1 is 1.30 bits per heavy atom. The Kier molecular flexibility index (Phi) is 4.12. The monoisotopic (exact) mass is 279 g/mol. The number of methoxy groups -OCH3 is 2. The van der Waals surface area contributed by atoms with Gasteiger partial charge < -0.3 is 19.9 Å². The molecule has 0 heterocycles. The molecule has 6 nitrogen and oxygen atoms in total. The Labute approximate surface area is 116 Å². The molecular formula is C14H17NO5. The highest BCUT2D eigenvalue weighted by molar-refractivity contribution is 5.89. The normalized spacial score (nSPS) is 20.1. The molecule has 2 atom stereocenters. The summed E-state index contributed by atoms with van der Waals surface area (Å²) in [6.07, 6.45) is 0.413. The van der Waals surface area contributed by atoms with Crippen LogP contribution in [0, 0.1) is 11.8 Å². The van der Waals surface area contributed by atoms with E-state index in [9.17, 15) is 9.59 Å². The topological polar surface area (TPSA) is 84.9 Å². The van der Waals surface area contributed by atoms with E-state index < -0.39 is 17.8 Å². The Balaban J connectivity index is 1.98. The van der Waals surface area contributed by atoms with Gasteiger partial charge in [-0.25, -0.2) is 0 Å². The summed E-state index contributed by atoms with van der Waals surface area (Å²) in [6, 6.07) is 5.40. The molecule has 1 saturated carbocycles. The lowest BCUT2D eigenvalue weighted by Crippen LogP contribution is -2.26. The largest absolute Gasteiger partial charge is 0.493 e. The standard InChI is InChI=1S/C14H17NO5/c1-19-11-5-3-4-8(12(11)20-2)7-15-13(16)9-6-10(9)14(17)18/h3-5,9-10H,6-7H2,1-2H3,(H,15,16)(H,17,18)/t9-,10-/m0/s1. The maximum Gasteiger partial charge on any atom is 0.307 e. The highest BCUT2D eigenvalue weighted by Crippen LogP contribution is 2.39. The molecule has 1 aromatic carbocycles. The second-order valence-corrected chi connectivity index (χ2v) is 4.66. The van der Waals surface area contributed by atoms with Crippen molar-refractivity contribution in [1.82, 2.24) is 5.32 Å². The average molecular weight is 279 g/mol. The lowest BCUT2D eigenvalue weighted by atomic mass is 10.1. The average Bonchev–Trinajstić information content (AvgIpc) is 3.24. The Bertz CT molecular complexity index is 528. The van der Waals surface area contributed by atoms with Gasteiger partial charge >= 0.3 is 5.97 Å². The first-order chi connectivity index (χ1) is 9.58. The van der Waals surface area contributed by atoms with Crippen LogP contribution in [0.5, 0.6) is 11.5 Å². The molecule has 2 rings (SSSR count). The molecule has 1 aromatic rings. The number of carboxylic acid groups (broad SMARTS) is 1. The number of hydrogen-bond acceptors (Lipinski definition) is 4. The van der Waals surface area contributed by atoms with Gasteiger partial charge in [0.25, 0.3) is 0 Å². The predicted molar refractivity (Wildman–Crippen MR) is 70.6 cm³/mol. The van der Waals surface area contributed by atoms with Crippen LogP contribution in [0.25, 0.3) is 0 Å². The van der Waals surface area contributed by atoms with Crippen molar-refractivity contribution in [2.45, 2.75) is 13.0 Å². The molecule has 1 aliphatic carbocycles. The van der Waals surface area contributed by atoms with Gasteiger partial charge in [0.2, 0.25) is 5.91 Å². The number of rotatable bonds is 6. The minimum atomic E-state index is -0.913. The van der Waals surface area contributed by atoms with Gasteiger partial charge in [0.15, 0.2) is 11.5 Å². The number of aliphatic carboxylic acids is 1. The van der Waals surface area contributed by atoms with Gasteiger partial charge in [-0.2, -0.15) is 0 Å². The van der Waals surface area contributed by atoms with Crippen LogP contribution in [-0.2, 0) is 16.1 Å². The molecule has 20 heavy (non-hydrogen) atoms. The third-order valence-corrected chi connectivity index (χ3v) is 3.38. The summed E-state index contributed by atoms with van der Waals surface area (Å²) in [5.41, 5.74) is 0.785. The SMILES string of the molecule is COc1cccc(CNC(=O)[C@H]2C[C@@H]2C(=O)O)c1OC. The Morgan fingerprint density at radius 2 is 2.05 bits per heavy atom. The van der Waals surface area contributed by atoms with Crippen molar-refractivity contribution in [1.29, 1.82) is 0 Å². The van der Waals surface area contributed by atoms with Crippen molar-refractivity contribution in [3.63, 3.8) is 0 Å². The Morgan fingerprint density at radius 3 is 2.60 bits per heavy atom. The van der Waals surface area contributed by atoms with E-state index in [2.05, 4.69) is 5.32 Å². The molecular weight excluding hydrogens is 262 g/mol. The fraction of sp³-hybridized carbons (Fsp3) is 0.429. The van der Waals surface area contributed by atoms with Crippen LogP contribution in [0.15, 0.2) is 18.2 Å². The number of benzene rings is 1. The number of amides is 1. The summed E-state index contributed by atoms with van der Waals surface area (Å²) < 4.78 is 10.4. The van der Waals surface area contributed by atoms with Crippen molar-refractivity contribution >= 4 is 11.9 Å². The lowest BCUT2D eigenvalue weighted by Gasteiger charge is -2.13. The summed E-state index contributed by atoms with van der Waals surface area (Å²) in [4.78, 5) is 22.5. The Hall–Kier alpha value is -2.24. The second kappa shape index (κ2) is 5.81. The van der Waals surface area contributed by atoms with Gasteiger partial charge in [0.05, 0.1) is 26.1 Å². The van der Waals surface area contributed by atoms with E-state index in [0.29, 0.717) is 17.9 Å². The smallest absolute Gasteiger partial charge is 0.307 e. The van der Waals surface area contributed by atoms with E-state index in [4.69, 9.17) is 14.6 Å². The van der Waals surface area contributed by atoms with Crippen LogP contribution in [0.1, 0.15) is 12.0 Å². The van der Waals surface area contributed by atoms with Gasteiger partial charge in [0, 0.05) is 12.1 Å². The molecule has 1 aliphatic rings. The van der Waals surface area contributed by atoms with Crippen molar-refractivity contribution in [3.05, 3.63) is 23.8 Å². The number of carbonyl (C=O) groups is 2. The van der Waals surface area contributed by atoms with E-state index in [1.165, 1.54) is 7.11 Å². The zero-order chi connectivity index (χ0) is 14.7. The van der Waals surface area contributed by atoms with Crippen molar-refractivity contribution < 1.29 is 24.2 Å². The zero-order valence-electron chi connectivity index (χ0n) is 11.4. The summed E-state index contributed by atoms with van der Waals surface area (Å²) in [5, 5.41) is 11.5. The molecule has 0 aromatic heterocycles.